The average molecular weight is 307 g/mol. The van der Waals surface area contributed by atoms with Crippen molar-refractivity contribution in [2.45, 2.75) is 12.4 Å². The van der Waals surface area contributed by atoms with Crippen LogP contribution in [0.5, 0.6) is 0 Å². The van der Waals surface area contributed by atoms with Crippen LogP contribution in [0.3, 0.4) is 0 Å². The molecule has 0 aromatic heterocycles. The van der Waals surface area contributed by atoms with E-state index >= 15 is 0 Å². The summed E-state index contributed by atoms with van der Waals surface area (Å²) in [6.07, 6.45) is -11.3. The van der Waals surface area contributed by atoms with Gasteiger partial charge in [0.15, 0.2) is 0 Å². The third-order valence-corrected chi connectivity index (χ3v) is 3.03. The second kappa shape index (κ2) is 6.17. The third kappa shape index (κ3) is 4.23. The number of nitrogens with zero attached hydrogens (tertiary/aromatic N) is 2. The Kier molecular flexibility index (Phi) is 5.25. The summed E-state index contributed by atoms with van der Waals surface area (Å²) >= 11 is 0. The monoisotopic (exact) mass is 307 g/mol. The zero-order chi connectivity index (χ0) is 15.6. The molecule has 0 saturated carbocycles. The highest BCUT2D eigenvalue weighted by Gasteiger charge is 2.62. The lowest BCUT2D eigenvalue weighted by atomic mass is 10.1. The number of hydrogen-bond donors (Lipinski definition) is 1. The second-order valence-corrected chi connectivity index (χ2v) is 4.47. The van der Waals surface area contributed by atoms with Gasteiger partial charge < -0.3 is 10.6 Å². The normalized spacial score (nSPS) is 18.7. The van der Waals surface area contributed by atoms with E-state index in [0.29, 0.717) is 18.0 Å². The summed E-state index contributed by atoms with van der Waals surface area (Å²) in [5, 5.41) is 0. The Morgan fingerprint density at radius 1 is 1.00 bits per heavy atom. The summed E-state index contributed by atoms with van der Waals surface area (Å²) < 4.78 is 74.5. The molecule has 4 nitrogen and oxygen atoms in total. The lowest BCUT2D eigenvalue weighted by molar-refractivity contribution is -0.277. The molecular weight excluding hydrogens is 292 g/mol. The Morgan fingerprint density at radius 3 is 1.80 bits per heavy atom. The Balaban J connectivity index is 2.73. The first-order valence-electron chi connectivity index (χ1n) is 5.92. The molecule has 1 fully saturated rings. The Bertz CT molecular complexity index is 321. The molecule has 118 valence electrons. The molecule has 0 aromatic carbocycles. The molecule has 1 aliphatic rings. The number of halogens is 6. The van der Waals surface area contributed by atoms with Gasteiger partial charge in [-0.3, -0.25) is 9.69 Å². The topological polar surface area (TPSA) is 49.6 Å². The minimum atomic E-state index is -5.64. The molecule has 1 amide bonds. The van der Waals surface area contributed by atoms with Crippen LogP contribution in [0.1, 0.15) is 0 Å². The molecular formula is C10H15F6N3O. The number of carbonyl (C=O) groups excluding carboxylic acids is 1. The molecule has 0 spiro atoms. The summed E-state index contributed by atoms with van der Waals surface area (Å²) in [4.78, 5) is 13.9. The molecule has 0 radical (unpaired) electrons. The zero-order valence-corrected chi connectivity index (χ0v) is 10.5. The summed E-state index contributed by atoms with van der Waals surface area (Å²) in [5.74, 6) is -5.88. The fourth-order valence-electron chi connectivity index (χ4n) is 2.02. The molecule has 1 saturated heterocycles. The molecule has 0 unspecified atom stereocenters. The summed E-state index contributed by atoms with van der Waals surface area (Å²) in [5.41, 5.74) is 5.30. The molecule has 1 heterocycles. The Hall–Kier alpha value is -1.03. The van der Waals surface area contributed by atoms with Gasteiger partial charge in [0, 0.05) is 39.3 Å². The molecule has 10 heteroatoms. The second-order valence-electron chi connectivity index (χ2n) is 4.47. The van der Waals surface area contributed by atoms with E-state index in [1.165, 1.54) is 0 Å². The highest BCUT2D eigenvalue weighted by atomic mass is 19.4. The first kappa shape index (κ1) is 17.0. The van der Waals surface area contributed by atoms with E-state index in [4.69, 9.17) is 5.73 Å². The van der Waals surface area contributed by atoms with Crippen molar-refractivity contribution in [3.8, 4) is 0 Å². The van der Waals surface area contributed by atoms with E-state index in [0.717, 1.165) is 0 Å². The minimum Gasteiger partial charge on any atom is -0.339 e. The van der Waals surface area contributed by atoms with Gasteiger partial charge in [0.05, 0.1) is 0 Å². The highest BCUT2D eigenvalue weighted by Crippen LogP contribution is 2.40. The lowest BCUT2D eigenvalue weighted by Gasteiger charge is -2.36. The zero-order valence-electron chi connectivity index (χ0n) is 10.5. The summed E-state index contributed by atoms with van der Waals surface area (Å²) in [6, 6.07) is 0. The predicted octanol–water partition coefficient (Wildman–Crippen LogP) is 0.830. The fraction of sp³-hybridized carbons (Fsp3) is 0.900. The van der Waals surface area contributed by atoms with Crippen LogP contribution in [0.2, 0.25) is 0 Å². The predicted molar refractivity (Wildman–Crippen MR) is 57.7 cm³/mol. The molecule has 1 aliphatic heterocycles. The molecule has 2 N–H and O–H groups in total. The average Bonchev–Trinajstić information content (AvgIpc) is 2.26. The van der Waals surface area contributed by atoms with Gasteiger partial charge in [-0.1, -0.05) is 0 Å². The maximum absolute atomic E-state index is 12.4. The van der Waals surface area contributed by atoms with Gasteiger partial charge in [0.2, 0.25) is 11.8 Å². The SMILES string of the molecule is NCCN1CCN(C(=O)C(C(F)(F)F)C(F)(F)F)CC1. The quantitative estimate of drug-likeness (QED) is 0.786. The Labute approximate surface area is 111 Å². The van der Waals surface area contributed by atoms with Crippen LogP contribution in [0.4, 0.5) is 26.3 Å². The van der Waals surface area contributed by atoms with Gasteiger partial charge in [-0.2, -0.15) is 26.3 Å². The van der Waals surface area contributed by atoms with Gasteiger partial charge in [-0.05, 0) is 0 Å². The van der Waals surface area contributed by atoms with Crippen LogP contribution in [0.15, 0.2) is 0 Å². The molecule has 0 aliphatic carbocycles. The number of carbonyl (C=O) groups is 1. The van der Waals surface area contributed by atoms with Crippen molar-refractivity contribution in [2.24, 2.45) is 11.7 Å². The third-order valence-electron chi connectivity index (χ3n) is 3.03. The van der Waals surface area contributed by atoms with Crippen LogP contribution in [-0.4, -0.2) is 67.3 Å². The maximum atomic E-state index is 12.4. The highest BCUT2D eigenvalue weighted by molar-refractivity contribution is 5.80. The van der Waals surface area contributed by atoms with E-state index in [2.05, 4.69) is 0 Å². The van der Waals surface area contributed by atoms with Crippen LogP contribution in [-0.2, 0) is 4.79 Å². The summed E-state index contributed by atoms with van der Waals surface area (Å²) in [7, 11) is 0. The minimum absolute atomic E-state index is 0.165. The number of rotatable bonds is 3. The molecule has 1 rings (SSSR count). The van der Waals surface area contributed by atoms with Crippen LogP contribution >= 0.6 is 0 Å². The number of piperazine rings is 1. The van der Waals surface area contributed by atoms with Crippen molar-refractivity contribution >= 4 is 5.91 Å². The van der Waals surface area contributed by atoms with E-state index in [-0.39, 0.29) is 26.2 Å². The maximum Gasteiger partial charge on any atom is 0.409 e. The van der Waals surface area contributed by atoms with Gasteiger partial charge in [-0.15, -0.1) is 0 Å². The Morgan fingerprint density at radius 2 is 1.45 bits per heavy atom. The van der Waals surface area contributed by atoms with E-state index < -0.39 is 24.2 Å². The fourth-order valence-corrected chi connectivity index (χ4v) is 2.02. The van der Waals surface area contributed by atoms with Gasteiger partial charge >= 0.3 is 12.4 Å². The smallest absolute Gasteiger partial charge is 0.339 e. The lowest BCUT2D eigenvalue weighted by Crippen LogP contribution is -2.55. The van der Waals surface area contributed by atoms with Gasteiger partial charge in [-0.25, -0.2) is 0 Å². The summed E-state index contributed by atoms with van der Waals surface area (Å²) in [6.45, 7) is 0.922. The van der Waals surface area contributed by atoms with Crippen molar-refractivity contribution in [3.05, 3.63) is 0 Å². The van der Waals surface area contributed by atoms with E-state index in [1.807, 2.05) is 0 Å². The van der Waals surface area contributed by atoms with Crippen LogP contribution in [0.25, 0.3) is 0 Å². The molecule has 0 atom stereocenters. The van der Waals surface area contributed by atoms with Crippen molar-refractivity contribution in [1.29, 1.82) is 0 Å². The first-order chi connectivity index (χ1) is 9.07. The first-order valence-corrected chi connectivity index (χ1v) is 5.92. The molecule has 0 bridgehead atoms. The number of alkyl halides is 6. The van der Waals surface area contributed by atoms with Crippen molar-refractivity contribution in [3.63, 3.8) is 0 Å². The number of hydrogen-bond acceptors (Lipinski definition) is 3. The standard InChI is InChI=1S/C10H15F6N3O/c11-9(12,13)7(10(14,15)16)8(20)19-5-3-18(2-1-17)4-6-19/h7H,1-6,17H2. The largest absolute Gasteiger partial charge is 0.409 e. The number of nitrogens with two attached hydrogens (primary N) is 1. The molecule has 20 heavy (non-hydrogen) atoms. The van der Waals surface area contributed by atoms with E-state index in [1.54, 1.807) is 4.90 Å². The van der Waals surface area contributed by atoms with Crippen molar-refractivity contribution in [1.82, 2.24) is 9.80 Å². The van der Waals surface area contributed by atoms with Crippen LogP contribution < -0.4 is 5.73 Å². The van der Waals surface area contributed by atoms with Gasteiger partial charge in [0.1, 0.15) is 0 Å². The number of amides is 1. The van der Waals surface area contributed by atoms with E-state index in [9.17, 15) is 31.1 Å². The van der Waals surface area contributed by atoms with Gasteiger partial charge in [0.25, 0.3) is 0 Å². The molecule has 0 aromatic rings. The van der Waals surface area contributed by atoms with Crippen molar-refractivity contribution in [2.75, 3.05) is 39.3 Å². The van der Waals surface area contributed by atoms with Crippen molar-refractivity contribution < 1.29 is 31.1 Å². The van der Waals surface area contributed by atoms with Crippen LogP contribution in [0, 0.1) is 5.92 Å².